The third-order valence-corrected chi connectivity index (χ3v) is 14.1. The number of hydrogen-bond acceptors (Lipinski definition) is 10. The molecule has 0 aromatic heterocycles. The third kappa shape index (κ3) is 5.54. The lowest BCUT2D eigenvalue weighted by molar-refractivity contribution is 0.421. The Bertz CT molecular complexity index is 2350. The standard InChI is InChI=1S/C40H44N6O6S2/c1-5-23-17-29(18-24(6-2)35(23)39(53(47,48)49)31-15-11-9-13-27(31)21-33(45-43)37(39)41)30-19-25(7-3)36(26(8-4)20-30)40(54(50,51)52)32-16-12-10-14-28(32)22-34(46-44)38(40)42/h9-22,37-38,43-44H,5-8,41-42H2,1-4H3,(H,47,48,49)(H,50,51,52)/b45-43+,46-44+. The highest BCUT2D eigenvalue weighted by atomic mass is 32.2. The summed E-state index contributed by atoms with van der Waals surface area (Å²) in [6, 6.07) is 17.9. The van der Waals surface area contributed by atoms with E-state index in [1.54, 1.807) is 60.7 Å². The number of nitrogens with two attached hydrogens (primary N) is 2. The molecule has 0 radical (unpaired) electrons. The second-order valence-corrected chi connectivity index (χ2v) is 16.8. The minimum Gasteiger partial charge on any atom is -0.321 e. The van der Waals surface area contributed by atoms with Gasteiger partial charge in [-0.15, -0.1) is 0 Å². The van der Waals surface area contributed by atoms with Gasteiger partial charge in [-0.1, -0.05) is 100 Å². The Labute approximate surface area is 318 Å². The summed E-state index contributed by atoms with van der Waals surface area (Å²) in [5, 5.41) is 7.75. The van der Waals surface area contributed by atoms with Gasteiger partial charge in [0, 0.05) is 0 Å². The van der Waals surface area contributed by atoms with Crippen LogP contribution in [0.4, 0.5) is 0 Å². The zero-order valence-electron chi connectivity index (χ0n) is 32.4. The molecular formula is C40H44N6O6S2. The number of fused-ring (bicyclic) bond motifs is 2. The fourth-order valence-electron chi connectivity index (χ4n) is 8.73. The molecule has 0 saturated heterocycles. The van der Waals surface area contributed by atoms with Gasteiger partial charge < -0.3 is 11.5 Å². The first-order valence-corrected chi connectivity index (χ1v) is 20.6. The van der Waals surface area contributed by atoms with Gasteiger partial charge in [-0.05, 0) is 105 Å². The maximum Gasteiger partial charge on any atom is 0.281 e. The Morgan fingerprint density at radius 1 is 0.630 bits per heavy atom. The maximum absolute atomic E-state index is 14.0. The van der Waals surface area contributed by atoms with Gasteiger partial charge in [0.25, 0.3) is 20.2 Å². The molecule has 4 aromatic rings. The summed E-state index contributed by atoms with van der Waals surface area (Å²) in [5.41, 5.74) is 25.7. The molecule has 54 heavy (non-hydrogen) atoms. The Hall–Kier alpha value is -4.70. The van der Waals surface area contributed by atoms with Gasteiger partial charge in [-0.25, -0.2) is 11.0 Å². The highest BCUT2D eigenvalue weighted by molar-refractivity contribution is 7.87. The van der Waals surface area contributed by atoms with E-state index in [1.807, 2.05) is 52.0 Å². The third-order valence-electron chi connectivity index (χ3n) is 11.1. The van der Waals surface area contributed by atoms with E-state index in [9.17, 15) is 25.9 Å². The summed E-state index contributed by atoms with van der Waals surface area (Å²) < 4.78 is 89.1. The fourth-order valence-corrected chi connectivity index (χ4v) is 11.6. The summed E-state index contributed by atoms with van der Waals surface area (Å²) in [5.74, 6) is 0. The van der Waals surface area contributed by atoms with Crippen LogP contribution < -0.4 is 11.5 Å². The van der Waals surface area contributed by atoms with Crippen LogP contribution in [0.1, 0.15) is 83.3 Å². The van der Waals surface area contributed by atoms with Crippen LogP contribution in [0, 0.1) is 11.0 Å². The number of benzene rings is 4. The Morgan fingerprint density at radius 2 is 0.944 bits per heavy atom. The molecule has 0 heterocycles. The smallest absolute Gasteiger partial charge is 0.281 e. The van der Waals surface area contributed by atoms with Gasteiger partial charge in [0.05, 0.1) is 23.5 Å². The van der Waals surface area contributed by atoms with E-state index in [1.165, 1.54) is 0 Å². The molecule has 282 valence electrons. The number of nitrogens with zero attached hydrogens (tertiary/aromatic N) is 2. The zero-order chi connectivity index (χ0) is 40.8. The first-order valence-electron chi connectivity index (χ1n) is 18.6. The van der Waals surface area contributed by atoms with Crippen LogP contribution in [-0.4, -0.2) is 38.0 Å². The average Bonchev–Trinajstić information content (AvgIpc) is 3.17. The van der Waals surface area contributed by atoms with Crippen molar-refractivity contribution in [3.05, 3.63) is 140 Å². The SMILES string of the molecule is [H]/N=N/C1=Cc2ccccc2C(c2c(CC)cc(-c3cc(CC)c(C4(S(=O)(=O)O)c5ccccc5C=C(/N=N/[H])C4N)c(CC)c3)cc2CC)(S(=O)(=O)O)C1N. The first-order chi connectivity index (χ1) is 26.6. The minimum atomic E-state index is -5.05. The van der Waals surface area contributed by atoms with Crippen molar-refractivity contribution in [2.24, 2.45) is 21.7 Å². The predicted octanol–water partition coefficient (Wildman–Crippen LogP) is 7.29. The van der Waals surface area contributed by atoms with Crippen LogP contribution in [0.25, 0.3) is 23.3 Å². The second kappa shape index (κ2) is 14.2. The summed E-state index contributed by atoms with van der Waals surface area (Å²) in [4.78, 5) is 0. The van der Waals surface area contributed by atoms with E-state index in [0.29, 0.717) is 81.3 Å². The van der Waals surface area contributed by atoms with E-state index < -0.39 is 41.8 Å². The monoisotopic (exact) mass is 768 g/mol. The lowest BCUT2D eigenvalue weighted by atomic mass is 9.71. The van der Waals surface area contributed by atoms with Crippen molar-refractivity contribution in [1.29, 1.82) is 11.0 Å². The molecule has 6 rings (SSSR count). The van der Waals surface area contributed by atoms with Gasteiger partial charge >= 0.3 is 0 Å². The molecule has 14 heteroatoms. The van der Waals surface area contributed by atoms with Gasteiger partial charge in [0.15, 0.2) is 9.49 Å². The van der Waals surface area contributed by atoms with E-state index in [-0.39, 0.29) is 22.5 Å². The highest BCUT2D eigenvalue weighted by Gasteiger charge is 2.58. The van der Waals surface area contributed by atoms with Gasteiger partial charge in [0.1, 0.15) is 0 Å². The highest BCUT2D eigenvalue weighted by Crippen LogP contribution is 2.52. The summed E-state index contributed by atoms with van der Waals surface area (Å²) in [7, 11) is -10.1. The first kappa shape index (κ1) is 36.3. The topological polar surface area (TPSA) is 233 Å². The molecule has 4 aromatic carbocycles. The zero-order valence-corrected chi connectivity index (χ0v) is 32.0. The number of aryl methyl sites for hydroxylation is 4. The second-order valence-electron chi connectivity index (χ2n) is 13.6. The Morgan fingerprint density at radius 3 is 1.22 bits per heavy atom. The lowest BCUT2D eigenvalue weighted by Gasteiger charge is -2.43. The van der Waals surface area contributed by atoms with Crippen LogP contribution in [-0.2, 0) is 55.4 Å². The van der Waals surface area contributed by atoms with Gasteiger partial charge in [0.2, 0.25) is 2.82 Å². The molecule has 0 saturated carbocycles. The molecule has 2 aliphatic carbocycles. The molecule has 0 amide bonds. The van der Waals surface area contributed by atoms with Crippen LogP contribution >= 0.6 is 0 Å². The van der Waals surface area contributed by atoms with Gasteiger partial charge in [-0.3, -0.25) is 9.11 Å². The Kier molecular flexibility index (Phi) is 9.53. The van der Waals surface area contributed by atoms with E-state index in [2.05, 4.69) is 21.3 Å². The number of rotatable bonds is 11. The molecule has 0 spiro atoms. The minimum absolute atomic E-state index is 0.0118. The quantitative estimate of drug-likeness (QED) is 0.0668. The van der Waals surface area contributed by atoms with Gasteiger partial charge in [-0.2, -0.15) is 27.1 Å². The molecule has 4 atom stereocenters. The van der Waals surface area contributed by atoms with Crippen molar-refractivity contribution in [3.63, 3.8) is 0 Å². The van der Waals surface area contributed by atoms with Crippen LogP contribution in [0.15, 0.2) is 94.4 Å². The summed E-state index contributed by atoms with van der Waals surface area (Å²) in [6.45, 7) is 7.48. The van der Waals surface area contributed by atoms with Crippen LogP contribution in [0.3, 0.4) is 0 Å². The Balaban J connectivity index is 1.68. The molecule has 0 aliphatic heterocycles. The number of nitrogens with one attached hydrogen (secondary N) is 2. The normalized spacial score (nSPS) is 23.4. The van der Waals surface area contributed by atoms with E-state index >= 15 is 0 Å². The van der Waals surface area contributed by atoms with Crippen molar-refractivity contribution in [2.75, 3.05) is 0 Å². The summed E-state index contributed by atoms with van der Waals surface area (Å²) >= 11 is 0. The maximum atomic E-state index is 14.0. The average molecular weight is 769 g/mol. The van der Waals surface area contributed by atoms with Crippen molar-refractivity contribution in [1.82, 2.24) is 0 Å². The molecule has 4 unspecified atom stereocenters. The molecule has 0 bridgehead atoms. The number of hydrogen-bond donors (Lipinski definition) is 6. The predicted molar refractivity (Wildman–Crippen MR) is 209 cm³/mol. The fraction of sp³-hybridized carbons (Fsp3) is 0.300. The lowest BCUT2D eigenvalue weighted by Crippen LogP contribution is -2.55. The van der Waals surface area contributed by atoms with Crippen LogP contribution in [0.2, 0.25) is 2.82 Å². The molecular weight excluding hydrogens is 725 g/mol. The largest absolute Gasteiger partial charge is 0.321 e. The molecule has 8 N–H and O–H groups in total. The van der Waals surface area contributed by atoms with Crippen molar-refractivity contribution in [2.45, 2.75) is 75.0 Å². The van der Waals surface area contributed by atoms with Crippen molar-refractivity contribution in [3.8, 4) is 11.1 Å². The molecule has 2 aliphatic rings. The molecule has 0 fully saturated rings. The van der Waals surface area contributed by atoms with E-state index in [0.717, 1.165) is 0 Å². The van der Waals surface area contributed by atoms with Crippen molar-refractivity contribution >= 4 is 32.4 Å². The summed E-state index contributed by atoms with van der Waals surface area (Å²) in [6.07, 6.45) is 4.46. The van der Waals surface area contributed by atoms with Crippen LogP contribution in [0.5, 0.6) is 0 Å². The molecule has 12 nitrogen and oxygen atoms in total. The van der Waals surface area contributed by atoms with Crippen molar-refractivity contribution < 1.29 is 28.8 Å². The van der Waals surface area contributed by atoms with E-state index in [4.69, 9.17) is 14.3 Å².